The lowest BCUT2D eigenvalue weighted by Crippen LogP contribution is -2.22. The van der Waals surface area contributed by atoms with E-state index < -0.39 is 11.6 Å². The van der Waals surface area contributed by atoms with Gasteiger partial charge in [0.25, 0.3) is 0 Å². The van der Waals surface area contributed by atoms with E-state index in [4.69, 9.17) is 0 Å². The van der Waals surface area contributed by atoms with Gasteiger partial charge >= 0.3 is 0 Å². The summed E-state index contributed by atoms with van der Waals surface area (Å²) in [5.41, 5.74) is 0.901. The van der Waals surface area contributed by atoms with E-state index in [2.05, 4.69) is 10.4 Å². The van der Waals surface area contributed by atoms with Crippen molar-refractivity contribution in [1.29, 1.82) is 0 Å². The Balaban J connectivity index is 2.21. The molecule has 0 saturated heterocycles. The molecule has 2 rings (SSSR count). The number of nitrogens with one attached hydrogen (secondary N) is 1. The predicted octanol–water partition coefficient (Wildman–Crippen LogP) is 2.65. The van der Waals surface area contributed by atoms with Crippen molar-refractivity contribution in [2.45, 2.75) is 26.4 Å². The van der Waals surface area contributed by atoms with Gasteiger partial charge in [-0.3, -0.25) is 0 Å². The van der Waals surface area contributed by atoms with Crippen molar-refractivity contribution in [3.8, 4) is 5.69 Å². The van der Waals surface area contributed by atoms with Crippen LogP contribution in [0.1, 0.15) is 19.5 Å². The lowest BCUT2D eigenvalue weighted by atomic mass is 10.3. The average molecular weight is 251 g/mol. The third-order valence-corrected chi connectivity index (χ3v) is 2.51. The highest BCUT2D eigenvalue weighted by molar-refractivity contribution is 5.33. The summed E-state index contributed by atoms with van der Waals surface area (Å²) in [5, 5.41) is 7.41. The van der Waals surface area contributed by atoms with E-state index in [0.717, 1.165) is 11.8 Å². The van der Waals surface area contributed by atoms with Crippen LogP contribution in [-0.4, -0.2) is 15.8 Å². The summed E-state index contributed by atoms with van der Waals surface area (Å²) in [6.07, 6.45) is 1.62. The van der Waals surface area contributed by atoms with Crippen molar-refractivity contribution in [2.75, 3.05) is 0 Å². The molecule has 0 saturated carbocycles. The highest BCUT2D eigenvalue weighted by Gasteiger charge is 2.10. The first-order valence-electron chi connectivity index (χ1n) is 5.80. The molecule has 1 N–H and O–H groups in total. The molecule has 5 heteroatoms. The molecule has 3 nitrogen and oxygen atoms in total. The smallest absolute Gasteiger partial charge is 0.184 e. The van der Waals surface area contributed by atoms with Crippen molar-refractivity contribution >= 4 is 0 Å². The third-order valence-electron chi connectivity index (χ3n) is 2.51. The molecule has 18 heavy (non-hydrogen) atoms. The summed E-state index contributed by atoms with van der Waals surface area (Å²) >= 11 is 0. The molecule has 0 fully saturated rings. The first-order valence-corrected chi connectivity index (χ1v) is 5.80. The maximum atomic E-state index is 13.6. The molecular formula is C13H15F2N3. The molecule has 2 aromatic rings. The fourth-order valence-electron chi connectivity index (χ4n) is 1.57. The monoisotopic (exact) mass is 251 g/mol. The molecule has 0 bridgehead atoms. The first kappa shape index (κ1) is 12.7. The highest BCUT2D eigenvalue weighted by Crippen LogP contribution is 2.15. The minimum Gasteiger partial charge on any atom is -0.309 e. The van der Waals surface area contributed by atoms with Crippen LogP contribution in [0.5, 0.6) is 0 Å². The maximum Gasteiger partial charge on any atom is 0.184 e. The SMILES string of the molecule is CC(C)NCc1ccn(-c2cccc(F)c2F)n1. The minimum absolute atomic E-state index is 0.116. The molecule has 96 valence electrons. The Morgan fingerprint density at radius 1 is 1.28 bits per heavy atom. The summed E-state index contributed by atoms with van der Waals surface area (Å²) in [7, 11) is 0. The van der Waals surface area contributed by atoms with Gasteiger partial charge in [0.2, 0.25) is 0 Å². The second-order valence-electron chi connectivity index (χ2n) is 4.36. The van der Waals surface area contributed by atoms with Crippen LogP contribution < -0.4 is 5.32 Å². The van der Waals surface area contributed by atoms with Gasteiger partial charge in [0.15, 0.2) is 11.6 Å². The van der Waals surface area contributed by atoms with Gasteiger partial charge in [-0.05, 0) is 18.2 Å². The van der Waals surface area contributed by atoms with Crippen LogP contribution in [0.4, 0.5) is 8.78 Å². The van der Waals surface area contributed by atoms with Crippen LogP contribution >= 0.6 is 0 Å². The van der Waals surface area contributed by atoms with E-state index in [0.29, 0.717) is 12.6 Å². The van der Waals surface area contributed by atoms with Gasteiger partial charge in [-0.25, -0.2) is 13.5 Å². The number of aromatic nitrogens is 2. The Morgan fingerprint density at radius 2 is 2.06 bits per heavy atom. The molecule has 1 aromatic heterocycles. The van der Waals surface area contributed by atoms with Crippen molar-refractivity contribution in [3.63, 3.8) is 0 Å². The van der Waals surface area contributed by atoms with Gasteiger partial charge in [-0.1, -0.05) is 19.9 Å². The summed E-state index contributed by atoms with van der Waals surface area (Å²) in [4.78, 5) is 0. The maximum absolute atomic E-state index is 13.6. The first-order chi connectivity index (χ1) is 8.58. The number of benzene rings is 1. The van der Waals surface area contributed by atoms with E-state index in [1.54, 1.807) is 12.3 Å². The van der Waals surface area contributed by atoms with Crippen molar-refractivity contribution in [1.82, 2.24) is 15.1 Å². The van der Waals surface area contributed by atoms with E-state index >= 15 is 0 Å². The zero-order valence-corrected chi connectivity index (χ0v) is 10.3. The normalized spacial score (nSPS) is 11.2. The zero-order valence-electron chi connectivity index (χ0n) is 10.3. The van der Waals surface area contributed by atoms with Gasteiger partial charge in [0.05, 0.1) is 5.69 Å². The Kier molecular flexibility index (Phi) is 3.72. The van der Waals surface area contributed by atoms with Crippen LogP contribution in [0.15, 0.2) is 30.5 Å². The molecule has 0 radical (unpaired) electrons. The van der Waals surface area contributed by atoms with Crippen LogP contribution in [0, 0.1) is 11.6 Å². The van der Waals surface area contributed by atoms with Gasteiger partial charge in [0.1, 0.15) is 5.69 Å². The molecule has 0 aliphatic heterocycles. The topological polar surface area (TPSA) is 29.9 Å². The summed E-state index contributed by atoms with van der Waals surface area (Å²) in [5.74, 6) is -1.76. The van der Waals surface area contributed by atoms with Crippen molar-refractivity contribution in [3.05, 3.63) is 47.8 Å². The second kappa shape index (κ2) is 5.27. The van der Waals surface area contributed by atoms with Crippen LogP contribution in [0.2, 0.25) is 0 Å². The zero-order chi connectivity index (χ0) is 13.1. The largest absolute Gasteiger partial charge is 0.309 e. The standard InChI is InChI=1S/C13H15F2N3/c1-9(2)16-8-10-6-7-18(17-10)12-5-3-4-11(14)13(12)15/h3-7,9,16H,8H2,1-2H3. The van der Waals surface area contributed by atoms with E-state index in [9.17, 15) is 8.78 Å². The lowest BCUT2D eigenvalue weighted by molar-refractivity contribution is 0.500. The second-order valence-corrected chi connectivity index (χ2v) is 4.36. The average Bonchev–Trinajstić information content (AvgIpc) is 2.78. The minimum atomic E-state index is -0.885. The molecule has 0 spiro atoms. The van der Waals surface area contributed by atoms with E-state index in [1.807, 2.05) is 13.8 Å². The summed E-state index contributed by atoms with van der Waals surface area (Å²) in [6, 6.07) is 6.16. The van der Waals surface area contributed by atoms with Crippen molar-refractivity contribution < 1.29 is 8.78 Å². The molecule has 0 unspecified atom stereocenters. The van der Waals surface area contributed by atoms with Gasteiger partial charge in [-0.15, -0.1) is 0 Å². The van der Waals surface area contributed by atoms with Crippen molar-refractivity contribution in [2.24, 2.45) is 0 Å². The lowest BCUT2D eigenvalue weighted by Gasteiger charge is -2.06. The number of hydrogen-bond donors (Lipinski definition) is 1. The molecule has 0 atom stereocenters. The number of hydrogen-bond acceptors (Lipinski definition) is 2. The number of rotatable bonds is 4. The Labute approximate surface area is 104 Å². The Morgan fingerprint density at radius 3 is 2.78 bits per heavy atom. The fourth-order valence-corrected chi connectivity index (χ4v) is 1.57. The molecule has 0 aliphatic carbocycles. The fraction of sp³-hybridized carbons (Fsp3) is 0.308. The Bertz CT molecular complexity index is 535. The molecule has 1 aromatic carbocycles. The number of nitrogens with zero attached hydrogens (tertiary/aromatic N) is 2. The Hall–Kier alpha value is -1.75. The number of halogens is 2. The molecule has 0 amide bonds. The van der Waals surface area contributed by atoms with Gasteiger partial charge in [0, 0.05) is 18.8 Å². The molecular weight excluding hydrogens is 236 g/mol. The summed E-state index contributed by atoms with van der Waals surface area (Å²) < 4.78 is 28.0. The van der Waals surface area contributed by atoms with E-state index in [-0.39, 0.29) is 5.69 Å². The quantitative estimate of drug-likeness (QED) is 0.905. The molecule has 0 aliphatic rings. The molecule has 1 heterocycles. The van der Waals surface area contributed by atoms with Crippen LogP contribution in [-0.2, 0) is 6.54 Å². The van der Waals surface area contributed by atoms with Crippen LogP contribution in [0.25, 0.3) is 5.69 Å². The summed E-state index contributed by atoms with van der Waals surface area (Å²) in [6.45, 7) is 4.66. The third kappa shape index (κ3) is 2.73. The van der Waals surface area contributed by atoms with E-state index in [1.165, 1.54) is 16.8 Å². The highest BCUT2D eigenvalue weighted by atomic mass is 19.2. The van der Waals surface area contributed by atoms with Crippen LogP contribution in [0.3, 0.4) is 0 Å². The van der Waals surface area contributed by atoms with Gasteiger partial charge < -0.3 is 5.32 Å². The predicted molar refractivity (Wildman–Crippen MR) is 65.5 cm³/mol. The van der Waals surface area contributed by atoms with Gasteiger partial charge in [-0.2, -0.15) is 5.10 Å².